The second kappa shape index (κ2) is 5.83. The van der Waals surface area contributed by atoms with Gasteiger partial charge in [0.2, 0.25) is 0 Å². The van der Waals surface area contributed by atoms with E-state index in [1.54, 1.807) is 6.26 Å². The predicted octanol–water partition coefficient (Wildman–Crippen LogP) is 0.295. The fourth-order valence-corrected chi connectivity index (χ4v) is 2.44. The summed E-state index contributed by atoms with van der Waals surface area (Å²) in [7, 11) is -0.657. The molecule has 1 aliphatic heterocycles. The smallest absolute Gasteiger partial charge is 0.0359 e. The molecule has 0 radical (unpaired) electrons. The van der Waals surface area contributed by atoms with Crippen LogP contribution in [-0.4, -0.2) is 53.3 Å². The molecule has 0 amide bonds. The molecule has 0 aromatic heterocycles. The van der Waals surface area contributed by atoms with Gasteiger partial charge < -0.3 is 5.32 Å². The minimum atomic E-state index is -0.657. The highest BCUT2D eigenvalue weighted by molar-refractivity contribution is 7.84. The number of piperazine rings is 1. The highest BCUT2D eigenvalue weighted by Crippen LogP contribution is 2.12. The number of hydrogen-bond acceptors (Lipinski definition) is 3. The van der Waals surface area contributed by atoms with Crippen LogP contribution in [0.3, 0.4) is 0 Å². The Hall–Kier alpha value is 0.0700. The molecule has 2 unspecified atom stereocenters. The van der Waals surface area contributed by atoms with Crippen molar-refractivity contribution in [1.82, 2.24) is 10.2 Å². The molecular weight excluding hydrogens is 196 g/mol. The molecular formula is C10H22N2OS. The third kappa shape index (κ3) is 3.67. The van der Waals surface area contributed by atoms with E-state index in [4.69, 9.17) is 0 Å². The van der Waals surface area contributed by atoms with Gasteiger partial charge >= 0.3 is 0 Å². The maximum atomic E-state index is 11.0. The molecule has 14 heavy (non-hydrogen) atoms. The number of rotatable bonds is 4. The average Bonchev–Trinajstić information content (AvgIpc) is 2.15. The van der Waals surface area contributed by atoms with E-state index >= 15 is 0 Å². The third-order valence-electron chi connectivity index (χ3n) is 2.83. The number of nitrogens with one attached hydrogen (secondary N) is 1. The SMILES string of the molecule is CC(C)C1CNCCN1CCS(C)=O. The van der Waals surface area contributed by atoms with Gasteiger partial charge in [0, 0.05) is 55.0 Å². The van der Waals surface area contributed by atoms with Crippen molar-refractivity contribution in [3.8, 4) is 0 Å². The van der Waals surface area contributed by atoms with Gasteiger partial charge in [0.1, 0.15) is 0 Å². The molecule has 0 saturated carbocycles. The second-order valence-electron chi connectivity index (χ2n) is 4.33. The van der Waals surface area contributed by atoms with Gasteiger partial charge in [-0.2, -0.15) is 0 Å². The lowest BCUT2D eigenvalue weighted by atomic mass is 10.0. The molecule has 1 fully saturated rings. The van der Waals surface area contributed by atoms with Crippen molar-refractivity contribution in [2.45, 2.75) is 19.9 Å². The summed E-state index contributed by atoms with van der Waals surface area (Å²) in [4.78, 5) is 2.47. The van der Waals surface area contributed by atoms with Crippen LogP contribution in [0.2, 0.25) is 0 Å². The summed E-state index contributed by atoms with van der Waals surface area (Å²) in [5, 5.41) is 3.42. The second-order valence-corrected chi connectivity index (χ2v) is 5.88. The van der Waals surface area contributed by atoms with Crippen LogP contribution < -0.4 is 5.32 Å². The van der Waals surface area contributed by atoms with Crippen molar-refractivity contribution in [1.29, 1.82) is 0 Å². The summed E-state index contributed by atoms with van der Waals surface area (Å²) in [5.41, 5.74) is 0. The molecule has 1 N–H and O–H groups in total. The van der Waals surface area contributed by atoms with Gasteiger partial charge in [0.25, 0.3) is 0 Å². The molecule has 1 heterocycles. The van der Waals surface area contributed by atoms with Crippen molar-refractivity contribution in [3.63, 3.8) is 0 Å². The van der Waals surface area contributed by atoms with Crippen molar-refractivity contribution < 1.29 is 4.21 Å². The van der Waals surface area contributed by atoms with E-state index in [0.29, 0.717) is 12.0 Å². The average molecular weight is 218 g/mol. The molecule has 1 rings (SSSR count). The van der Waals surface area contributed by atoms with Crippen LogP contribution in [0.4, 0.5) is 0 Å². The molecule has 1 aliphatic rings. The lowest BCUT2D eigenvalue weighted by molar-refractivity contribution is 0.133. The first-order valence-corrected chi connectivity index (χ1v) is 7.08. The van der Waals surface area contributed by atoms with Gasteiger partial charge in [0.15, 0.2) is 0 Å². The number of hydrogen-bond donors (Lipinski definition) is 1. The largest absolute Gasteiger partial charge is 0.314 e. The molecule has 0 aromatic carbocycles. The summed E-state index contributed by atoms with van der Waals surface area (Å²) in [5.74, 6) is 1.48. The zero-order valence-electron chi connectivity index (χ0n) is 9.45. The zero-order chi connectivity index (χ0) is 10.6. The van der Waals surface area contributed by atoms with Crippen LogP contribution in [0.1, 0.15) is 13.8 Å². The van der Waals surface area contributed by atoms with Gasteiger partial charge in [0.05, 0.1) is 0 Å². The zero-order valence-corrected chi connectivity index (χ0v) is 10.3. The first-order valence-electron chi connectivity index (χ1n) is 5.36. The Balaban J connectivity index is 2.41. The van der Waals surface area contributed by atoms with Gasteiger partial charge in [-0.05, 0) is 5.92 Å². The highest BCUT2D eigenvalue weighted by Gasteiger charge is 2.24. The third-order valence-corrected chi connectivity index (χ3v) is 3.59. The molecule has 1 saturated heterocycles. The molecule has 0 bridgehead atoms. The topological polar surface area (TPSA) is 32.3 Å². The van der Waals surface area contributed by atoms with E-state index in [1.807, 2.05) is 0 Å². The lowest BCUT2D eigenvalue weighted by Crippen LogP contribution is -2.54. The molecule has 0 aliphatic carbocycles. The molecule has 2 atom stereocenters. The van der Waals surface area contributed by atoms with E-state index in [9.17, 15) is 4.21 Å². The molecule has 0 aromatic rings. The van der Waals surface area contributed by atoms with Crippen molar-refractivity contribution in [2.75, 3.05) is 38.2 Å². The van der Waals surface area contributed by atoms with E-state index in [1.165, 1.54) is 0 Å². The van der Waals surface area contributed by atoms with Crippen LogP contribution in [-0.2, 0) is 10.8 Å². The maximum absolute atomic E-state index is 11.0. The summed E-state index contributed by atoms with van der Waals surface area (Å²) in [6, 6.07) is 0.618. The minimum absolute atomic E-state index is 0.618. The predicted molar refractivity (Wildman–Crippen MR) is 62.0 cm³/mol. The van der Waals surface area contributed by atoms with Crippen molar-refractivity contribution >= 4 is 10.8 Å². The Morgan fingerprint density at radius 2 is 2.29 bits per heavy atom. The summed E-state index contributed by atoms with van der Waals surface area (Å²) in [6.45, 7) is 8.74. The normalized spacial score (nSPS) is 26.7. The van der Waals surface area contributed by atoms with Gasteiger partial charge in [-0.1, -0.05) is 13.8 Å². The molecule has 0 spiro atoms. The van der Waals surface area contributed by atoms with Gasteiger partial charge in [-0.3, -0.25) is 9.11 Å². The summed E-state index contributed by atoms with van der Waals surface area (Å²) < 4.78 is 11.0. The van der Waals surface area contributed by atoms with E-state index in [0.717, 1.165) is 31.9 Å². The van der Waals surface area contributed by atoms with Gasteiger partial charge in [-0.25, -0.2) is 0 Å². The standard InChI is InChI=1S/C10H22N2OS/c1-9(2)10-8-11-4-5-12(10)6-7-14(3)13/h9-11H,4-8H2,1-3H3. The minimum Gasteiger partial charge on any atom is -0.314 e. The quantitative estimate of drug-likeness (QED) is 0.736. The van der Waals surface area contributed by atoms with Crippen molar-refractivity contribution in [2.24, 2.45) is 5.92 Å². The van der Waals surface area contributed by atoms with Crippen LogP contribution in [0.15, 0.2) is 0 Å². The molecule has 4 heteroatoms. The van der Waals surface area contributed by atoms with Crippen molar-refractivity contribution in [3.05, 3.63) is 0 Å². The Kier molecular flexibility index (Phi) is 5.06. The van der Waals surface area contributed by atoms with E-state index < -0.39 is 10.8 Å². The molecule has 3 nitrogen and oxygen atoms in total. The first kappa shape index (κ1) is 12.1. The first-order chi connectivity index (χ1) is 6.61. The monoisotopic (exact) mass is 218 g/mol. The molecule has 84 valence electrons. The summed E-state index contributed by atoms with van der Waals surface area (Å²) >= 11 is 0. The fraction of sp³-hybridized carbons (Fsp3) is 1.00. The Bertz CT molecular complexity index is 197. The Morgan fingerprint density at radius 1 is 1.57 bits per heavy atom. The highest BCUT2D eigenvalue weighted by atomic mass is 32.2. The summed E-state index contributed by atoms with van der Waals surface area (Å²) in [6.07, 6.45) is 1.78. The fourth-order valence-electron chi connectivity index (χ4n) is 1.95. The van der Waals surface area contributed by atoms with E-state index in [-0.39, 0.29) is 0 Å². The van der Waals surface area contributed by atoms with Crippen LogP contribution in [0, 0.1) is 5.92 Å². The van der Waals surface area contributed by atoms with Crippen LogP contribution in [0.5, 0.6) is 0 Å². The van der Waals surface area contributed by atoms with E-state index in [2.05, 4.69) is 24.1 Å². The Morgan fingerprint density at radius 3 is 2.86 bits per heavy atom. The Labute approximate surface area is 89.7 Å². The van der Waals surface area contributed by atoms with Gasteiger partial charge in [-0.15, -0.1) is 0 Å². The maximum Gasteiger partial charge on any atom is 0.0359 e. The number of nitrogens with zero attached hydrogens (tertiary/aromatic N) is 1. The van der Waals surface area contributed by atoms with Crippen LogP contribution in [0.25, 0.3) is 0 Å². The van der Waals surface area contributed by atoms with Crippen LogP contribution >= 0.6 is 0 Å². The lowest BCUT2D eigenvalue weighted by Gasteiger charge is -2.38.